The van der Waals surface area contributed by atoms with Crippen molar-refractivity contribution >= 4 is 5.91 Å². The van der Waals surface area contributed by atoms with Crippen molar-refractivity contribution in [3.63, 3.8) is 0 Å². The molecule has 0 bridgehead atoms. The molecular formula is C12H18N4O. The summed E-state index contributed by atoms with van der Waals surface area (Å²) in [6, 6.07) is 3.36. The van der Waals surface area contributed by atoms with Gasteiger partial charge in [-0.25, -0.2) is 0 Å². The summed E-state index contributed by atoms with van der Waals surface area (Å²) in [5.41, 5.74) is 1.36. The predicted octanol–water partition coefficient (Wildman–Crippen LogP) is 1.26. The third kappa shape index (κ3) is 3.06. The molecule has 0 aromatic carbocycles. The van der Waals surface area contributed by atoms with Crippen molar-refractivity contribution < 1.29 is 4.79 Å². The monoisotopic (exact) mass is 234 g/mol. The Kier molecular flexibility index (Phi) is 4.27. The number of rotatable bonds is 4. The van der Waals surface area contributed by atoms with E-state index in [2.05, 4.69) is 16.5 Å². The van der Waals surface area contributed by atoms with Crippen LogP contribution in [0.15, 0.2) is 6.07 Å². The summed E-state index contributed by atoms with van der Waals surface area (Å²) in [4.78, 5) is 11.9. The first-order valence-corrected chi connectivity index (χ1v) is 5.73. The molecule has 1 atom stereocenters. The summed E-state index contributed by atoms with van der Waals surface area (Å²) < 4.78 is 1.54. The van der Waals surface area contributed by atoms with Crippen LogP contribution in [-0.4, -0.2) is 21.7 Å². The Bertz CT molecular complexity index is 442. The van der Waals surface area contributed by atoms with Gasteiger partial charge in [0.2, 0.25) is 0 Å². The van der Waals surface area contributed by atoms with Gasteiger partial charge in [0.25, 0.3) is 5.91 Å². The second kappa shape index (κ2) is 5.48. The van der Waals surface area contributed by atoms with Gasteiger partial charge in [0, 0.05) is 7.05 Å². The second-order valence-corrected chi connectivity index (χ2v) is 4.32. The molecule has 1 rings (SSSR count). The molecular weight excluding hydrogens is 216 g/mol. The van der Waals surface area contributed by atoms with Crippen LogP contribution >= 0.6 is 0 Å². The third-order valence-electron chi connectivity index (χ3n) is 2.62. The Morgan fingerprint density at radius 3 is 2.71 bits per heavy atom. The van der Waals surface area contributed by atoms with Gasteiger partial charge in [-0.05, 0) is 18.4 Å². The highest BCUT2D eigenvalue weighted by molar-refractivity contribution is 5.93. The van der Waals surface area contributed by atoms with E-state index >= 15 is 0 Å². The molecule has 0 spiro atoms. The van der Waals surface area contributed by atoms with E-state index in [1.165, 1.54) is 0 Å². The first kappa shape index (κ1) is 13.2. The molecule has 0 saturated carbocycles. The molecule has 92 valence electrons. The van der Waals surface area contributed by atoms with Crippen LogP contribution in [0.3, 0.4) is 0 Å². The minimum Gasteiger partial charge on any atom is -0.335 e. The van der Waals surface area contributed by atoms with Gasteiger partial charge in [0.1, 0.15) is 11.7 Å². The summed E-state index contributed by atoms with van der Waals surface area (Å²) in [6.07, 6.45) is 0.785. The maximum atomic E-state index is 11.9. The number of amides is 1. The molecule has 5 nitrogen and oxygen atoms in total. The van der Waals surface area contributed by atoms with Gasteiger partial charge in [-0.1, -0.05) is 20.8 Å². The predicted molar refractivity (Wildman–Crippen MR) is 64.3 cm³/mol. The second-order valence-electron chi connectivity index (χ2n) is 4.32. The molecule has 17 heavy (non-hydrogen) atoms. The minimum atomic E-state index is -0.470. The lowest BCUT2D eigenvalue weighted by molar-refractivity contribution is 0.0928. The number of aryl methyl sites for hydroxylation is 2. The number of nitrogens with zero attached hydrogens (tertiary/aromatic N) is 3. The number of hydrogen-bond acceptors (Lipinski definition) is 3. The van der Waals surface area contributed by atoms with Crippen LogP contribution in [0.4, 0.5) is 0 Å². The zero-order chi connectivity index (χ0) is 13.0. The van der Waals surface area contributed by atoms with Crippen molar-refractivity contribution in [3.05, 3.63) is 17.5 Å². The molecule has 0 aliphatic heterocycles. The molecule has 0 radical (unpaired) electrons. The molecule has 0 saturated heterocycles. The molecule has 1 N–H and O–H groups in total. The van der Waals surface area contributed by atoms with Gasteiger partial charge < -0.3 is 5.32 Å². The highest BCUT2D eigenvalue weighted by Gasteiger charge is 2.19. The zero-order valence-electron chi connectivity index (χ0n) is 10.7. The standard InChI is InChI=1S/C12H18N4O/c1-5-9-6-11(16(4)15-9)12(17)14-10(7-13)8(2)3/h6,8,10H,5H2,1-4H3,(H,14,17). The molecule has 1 heterocycles. The van der Waals surface area contributed by atoms with Crippen LogP contribution in [0.2, 0.25) is 0 Å². The highest BCUT2D eigenvalue weighted by Crippen LogP contribution is 2.06. The Labute approximate surface area is 101 Å². The number of carbonyl (C=O) groups is 1. The van der Waals surface area contributed by atoms with Crippen LogP contribution < -0.4 is 5.32 Å². The van der Waals surface area contributed by atoms with E-state index in [1.807, 2.05) is 20.8 Å². The largest absolute Gasteiger partial charge is 0.335 e. The third-order valence-corrected chi connectivity index (χ3v) is 2.62. The summed E-state index contributed by atoms with van der Waals surface area (Å²) in [6.45, 7) is 5.78. The minimum absolute atomic E-state index is 0.0859. The summed E-state index contributed by atoms with van der Waals surface area (Å²) >= 11 is 0. The van der Waals surface area contributed by atoms with Gasteiger partial charge in [-0.15, -0.1) is 0 Å². The van der Waals surface area contributed by atoms with Crippen molar-refractivity contribution in [2.75, 3.05) is 0 Å². The lowest BCUT2D eigenvalue weighted by Gasteiger charge is -2.14. The fraction of sp³-hybridized carbons (Fsp3) is 0.583. The van der Waals surface area contributed by atoms with Crippen molar-refractivity contribution in [1.29, 1.82) is 5.26 Å². The van der Waals surface area contributed by atoms with Gasteiger partial charge >= 0.3 is 0 Å². The molecule has 0 fully saturated rings. The Morgan fingerprint density at radius 1 is 1.65 bits per heavy atom. The maximum absolute atomic E-state index is 11.9. The van der Waals surface area contributed by atoms with Crippen molar-refractivity contribution in [2.45, 2.75) is 33.2 Å². The SMILES string of the molecule is CCc1cc(C(=O)NC(C#N)C(C)C)n(C)n1. The van der Waals surface area contributed by atoms with E-state index in [9.17, 15) is 4.79 Å². The quantitative estimate of drug-likeness (QED) is 0.852. The van der Waals surface area contributed by atoms with Crippen molar-refractivity contribution in [2.24, 2.45) is 13.0 Å². The fourth-order valence-corrected chi connectivity index (χ4v) is 1.48. The van der Waals surface area contributed by atoms with Crippen molar-refractivity contribution in [1.82, 2.24) is 15.1 Å². The molecule has 1 amide bonds. The van der Waals surface area contributed by atoms with E-state index in [0.717, 1.165) is 12.1 Å². The molecule has 1 unspecified atom stereocenters. The number of hydrogen-bond donors (Lipinski definition) is 1. The van der Waals surface area contributed by atoms with Gasteiger partial charge in [0.05, 0.1) is 11.8 Å². The van der Waals surface area contributed by atoms with Crippen LogP contribution in [0.1, 0.15) is 37.0 Å². The topological polar surface area (TPSA) is 70.7 Å². The molecule has 0 aliphatic carbocycles. The molecule has 5 heteroatoms. The van der Waals surface area contributed by atoms with Gasteiger partial charge in [-0.2, -0.15) is 10.4 Å². The van der Waals surface area contributed by atoms with Crippen LogP contribution in [0.5, 0.6) is 0 Å². The Morgan fingerprint density at radius 2 is 2.29 bits per heavy atom. The first-order valence-electron chi connectivity index (χ1n) is 5.73. The average Bonchev–Trinajstić information content (AvgIpc) is 2.66. The smallest absolute Gasteiger partial charge is 0.270 e. The summed E-state index contributed by atoms with van der Waals surface area (Å²) in [5, 5.41) is 15.8. The Hall–Kier alpha value is -1.83. The average molecular weight is 234 g/mol. The van der Waals surface area contributed by atoms with E-state index in [0.29, 0.717) is 5.69 Å². The molecule has 1 aromatic heterocycles. The molecule has 0 aliphatic rings. The maximum Gasteiger partial charge on any atom is 0.270 e. The first-order chi connectivity index (χ1) is 7.99. The van der Waals surface area contributed by atoms with Crippen LogP contribution in [-0.2, 0) is 13.5 Å². The van der Waals surface area contributed by atoms with Crippen LogP contribution in [0.25, 0.3) is 0 Å². The number of nitrogens with one attached hydrogen (secondary N) is 1. The van der Waals surface area contributed by atoms with Crippen LogP contribution in [0, 0.1) is 17.2 Å². The number of carbonyl (C=O) groups excluding carboxylic acids is 1. The van der Waals surface area contributed by atoms with Gasteiger partial charge in [-0.3, -0.25) is 9.48 Å². The highest BCUT2D eigenvalue weighted by atomic mass is 16.2. The lowest BCUT2D eigenvalue weighted by Crippen LogP contribution is -2.38. The van der Waals surface area contributed by atoms with E-state index < -0.39 is 6.04 Å². The zero-order valence-corrected chi connectivity index (χ0v) is 10.7. The van der Waals surface area contributed by atoms with E-state index in [1.54, 1.807) is 17.8 Å². The fourth-order valence-electron chi connectivity index (χ4n) is 1.48. The summed E-state index contributed by atoms with van der Waals surface area (Å²) in [5.74, 6) is -0.164. The Balaban J connectivity index is 2.83. The van der Waals surface area contributed by atoms with E-state index in [4.69, 9.17) is 5.26 Å². The number of nitriles is 1. The van der Waals surface area contributed by atoms with Gasteiger partial charge in [0.15, 0.2) is 0 Å². The normalized spacial score (nSPS) is 12.2. The number of aromatic nitrogens is 2. The molecule has 1 aromatic rings. The lowest BCUT2D eigenvalue weighted by atomic mass is 10.1. The van der Waals surface area contributed by atoms with E-state index in [-0.39, 0.29) is 11.8 Å². The van der Waals surface area contributed by atoms with Crippen molar-refractivity contribution in [3.8, 4) is 6.07 Å². The summed E-state index contributed by atoms with van der Waals surface area (Å²) in [7, 11) is 1.73.